The summed E-state index contributed by atoms with van der Waals surface area (Å²) in [6.45, 7) is 2.92. The zero-order valence-corrected chi connectivity index (χ0v) is 18.8. The highest BCUT2D eigenvalue weighted by Gasteiger charge is 2.30. The predicted molar refractivity (Wildman–Crippen MR) is 123 cm³/mol. The fourth-order valence-corrected chi connectivity index (χ4v) is 4.90. The number of hydrogen-bond acceptors (Lipinski definition) is 5. The average Bonchev–Trinajstić information content (AvgIpc) is 3.30. The van der Waals surface area contributed by atoms with E-state index < -0.39 is 0 Å². The first-order chi connectivity index (χ1) is 16.1. The second-order valence-electron chi connectivity index (χ2n) is 8.93. The zero-order chi connectivity index (χ0) is 22.8. The molecule has 2 aromatic carbocycles. The van der Waals surface area contributed by atoms with Crippen molar-refractivity contribution in [2.24, 2.45) is 5.92 Å². The summed E-state index contributed by atoms with van der Waals surface area (Å²) in [7, 11) is 0. The third kappa shape index (κ3) is 4.53. The van der Waals surface area contributed by atoms with E-state index in [1.54, 1.807) is 19.1 Å². The molecule has 2 aliphatic rings. The number of benzene rings is 2. The molecule has 0 bridgehead atoms. The molecule has 1 unspecified atom stereocenters. The van der Waals surface area contributed by atoms with Crippen LogP contribution in [0.2, 0.25) is 0 Å². The number of piperidine rings is 1. The van der Waals surface area contributed by atoms with Crippen LogP contribution in [0.25, 0.3) is 11.4 Å². The van der Waals surface area contributed by atoms with Crippen molar-refractivity contribution in [3.05, 3.63) is 71.1 Å². The molecule has 5 rings (SSSR count). The minimum absolute atomic E-state index is 0.00842. The summed E-state index contributed by atoms with van der Waals surface area (Å²) in [5.74, 6) is 1.07. The molecular formula is C26H28N4O3. The maximum atomic E-state index is 13.0. The average molecular weight is 445 g/mol. The van der Waals surface area contributed by atoms with Crippen LogP contribution in [0.15, 0.2) is 53.1 Å². The van der Waals surface area contributed by atoms with E-state index in [2.05, 4.69) is 33.7 Å². The summed E-state index contributed by atoms with van der Waals surface area (Å²) >= 11 is 0. The smallest absolute Gasteiger partial charge is 0.253 e. The molecule has 7 nitrogen and oxygen atoms in total. The van der Waals surface area contributed by atoms with Crippen molar-refractivity contribution in [1.82, 2.24) is 20.4 Å². The normalized spacial score (nSPS) is 18.6. The van der Waals surface area contributed by atoms with Gasteiger partial charge in [-0.2, -0.15) is 4.98 Å². The summed E-state index contributed by atoms with van der Waals surface area (Å²) in [4.78, 5) is 32.0. The number of carbonyl (C=O) groups excluding carboxylic acids is 2. The number of hydrogen-bond donors (Lipinski definition) is 1. The first kappa shape index (κ1) is 21.4. The molecule has 33 heavy (non-hydrogen) atoms. The third-order valence-corrected chi connectivity index (χ3v) is 6.76. The number of aryl methyl sites for hydroxylation is 2. The van der Waals surface area contributed by atoms with Crippen molar-refractivity contribution in [2.45, 2.75) is 45.1 Å². The van der Waals surface area contributed by atoms with Crippen LogP contribution >= 0.6 is 0 Å². The van der Waals surface area contributed by atoms with Crippen LogP contribution in [0, 0.1) is 12.8 Å². The van der Waals surface area contributed by atoms with Crippen LogP contribution in [0.4, 0.5) is 0 Å². The van der Waals surface area contributed by atoms with Gasteiger partial charge in [0.1, 0.15) is 0 Å². The van der Waals surface area contributed by atoms with E-state index in [9.17, 15) is 9.59 Å². The van der Waals surface area contributed by atoms with E-state index in [4.69, 9.17) is 4.52 Å². The third-order valence-electron chi connectivity index (χ3n) is 6.76. The second-order valence-corrected chi connectivity index (χ2v) is 8.93. The lowest BCUT2D eigenvalue weighted by molar-refractivity contribution is -0.127. The Morgan fingerprint density at radius 3 is 2.52 bits per heavy atom. The van der Waals surface area contributed by atoms with Gasteiger partial charge in [-0.05, 0) is 55.4 Å². The van der Waals surface area contributed by atoms with Crippen molar-refractivity contribution in [3.63, 3.8) is 0 Å². The molecule has 0 radical (unpaired) electrons. The first-order valence-electron chi connectivity index (χ1n) is 11.7. The van der Waals surface area contributed by atoms with Crippen LogP contribution < -0.4 is 5.32 Å². The molecule has 7 heteroatoms. The van der Waals surface area contributed by atoms with Gasteiger partial charge in [0, 0.05) is 37.1 Å². The van der Waals surface area contributed by atoms with E-state index in [0.29, 0.717) is 43.2 Å². The molecule has 3 aromatic rings. The minimum Gasteiger partial charge on any atom is -0.349 e. The summed E-state index contributed by atoms with van der Waals surface area (Å²) < 4.78 is 5.02. The van der Waals surface area contributed by atoms with Crippen molar-refractivity contribution in [2.75, 3.05) is 13.1 Å². The number of likely N-dealkylation sites (tertiary alicyclic amines) is 1. The molecule has 1 aliphatic carbocycles. The molecule has 1 saturated heterocycles. The maximum Gasteiger partial charge on any atom is 0.253 e. The molecule has 2 amide bonds. The molecule has 0 saturated carbocycles. The Bertz CT molecular complexity index is 1150. The molecule has 1 N–H and O–H groups in total. The Kier molecular flexibility index (Phi) is 5.94. The lowest BCUT2D eigenvalue weighted by atomic mass is 9.87. The van der Waals surface area contributed by atoms with Crippen LogP contribution in [0.5, 0.6) is 0 Å². The highest BCUT2D eigenvalue weighted by Crippen LogP contribution is 2.30. The molecule has 0 spiro atoms. The summed E-state index contributed by atoms with van der Waals surface area (Å²) in [6.07, 6.45) is 4.54. The first-order valence-corrected chi connectivity index (χ1v) is 11.7. The predicted octanol–water partition coefficient (Wildman–Crippen LogP) is 4.09. The van der Waals surface area contributed by atoms with Crippen LogP contribution in [-0.4, -0.2) is 39.9 Å². The Morgan fingerprint density at radius 2 is 1.79 bits per heavy atom. The van der Waals surface area contributed by atoms with Crippen LogP contribution in [-0.2, 0) is 11.2 Å². The molecule has 2 heterocycles. The number of aromatic nitrogens is 2. The van der Waals surface area contributed by atoms with Gasteiger partial charge in [0.15, 0.2) is 0 Å². The van der Waals surface area contributed by atoms with Crippen LogP contribution in [0.1, 0.15) is 59.1 Å². The number of rotatable bonds is 4. The molecule has 170 valence electrons. The highest BCUT2D eigenvalue weighted by atomic mass is 16.5. The highest BCUT2D eigenvalue weighted by molar-refractivity contribution is 5.94. The van der Waals surface area contributed by atoms with Gasteiger partial charge in [0.05, 0.1) is 6.04 Å². The number of carbonyl (C=O) groups is 2. The fraction of sp³-hybridized carbons (Fsp3) is 0.385. The zero-order valence-electron chi connectivity index (χ0n) is 18.8. The summed E-state index contributed by atoms with van der Waals surface area (Å²) in [5, 5.41) is 7.19. The lowest BCUT2D eigenvalue weighted by Crippen LogP contribution is -2.44. The standard InChI is InChI=1S/C26H28N4O3/c1-17-27-24(29-33-17)19-9-11-21(12-10-19)26(32)30-15-13-20(14-16-30)25(31)28-23-8-4-6-18-5-2-3-7-22(18)23/h2-3,5,7,9-12,20,23H,4,6,8,13-16H2,1H3,(H,28,31). The topological polar surface area (TPSA) is 88.3 Å². The van der Waals surface area contributed by atoms with E-state index in [1.165, 1.54) is 11.1 Å². The van der Waals surface area contributed by atoms with E-state index >= 15 is 0 Å². The second kappa shape index (κ2) is 9.17. The van der Waals surface area contributed by atoms with Crippen molar-refractivity contribution < 1.29 is 14.1 Å². The molecule has 1 atom stereocenters. The summed E-state index contributed by atoms with van der Waals surface area (Å²) in [5.41, 5.74) is 4.03. The van der Waals surface area contributed by atoms with Gasteiger partial charge in [-0.1, -0.05) is 41.6 Å². The Morgan fingerprint density at radius 1 is 1.03 bits per heavy atom. The number of amides is 2. The van der Waals surface area contributed by atoms with Gasteiger partial charge in [-0.3, -0.25) is 9.59 Å². The van der Waals surface area contributed by atoms with Crippen molar-refractivity contribution >= 4 is 11.8 Å². The fourth-order valence-electron chi connectivity index (χ4n) is 4.90. The quantitative estimate of drug-likeness (QED) is 0.655. The van der Waals surface area contributed by atoms with Crippen molar-refractivity contribution in [3.8, 4) is 11.4 Å². The largest absolute Gasteiger partial charge is 0.349 e. The van der Waals surface area contributed by atoms with Gasteiger partial charge in [0.25, 0.3) is 5.91 Å². The Labute approximate surface area is 193 Å². The Hall–Kier alpha value is -3.48. The van der Waals surface area contributed by atoms with Crippen molar-refractivity contribution in [1.29, 1.82) is 0 Å². The van der Waals surface area contributed by atoms with Gasteiger partial charge >= 0.3 is 0 Å². The van der Waals surface area contributed by atoms with E-state index in [1.807, 2.05) is 23.1 Å². The van der Waals surface area contributed by atoms with Gasteiger partial charge < -0.3 is 14.7 Å². The van der Waals surface area contributed by atoms with Crippen LogP contribution in [0.3, 0.4) is 0 Å². The molecule has 1 fully saturated rings. The number of nitrogens with one attached hydrogen (secondary N) is 1. The van der Waals surface area contributed by atoms with E-state index in [-0.39, 0.29) is 23.8 Å². The van der Waals surface area contributed by atoms with E-state index in [0.717, 1.165) is 24.8 Å². The monoisotopic (exact) mass is 444 g/mol. The minimum atomic E-state index is -0.0491. The molecular weight excluding hydrogens is 416 g/mol. The van der Waals surface area contributed by atoms with Gasteiger partial charge in [0.2, 0.25) is 17.6 Å². The van der Waals surface area contributed by atoms with Gasteiger partial charge in [-0.15, -0.1) is 0 Å². The number of fused-ring (bicyclic) bond motifs is 1. The molecule has 1 aliphatic heterocycles. The Balaban J connectivity index is 1.16. The maximum absolute atomic E-state index is 13.0. The SMILES string of the molecule is Cc1nc(-c2ccc(C(=O)N3CCC(C(=O)NC4CCCc5ccccc54)CC3)cc2)no1. The summed E-state index contributed by atoms with van der Waals surface area (Å²) in [6, 6.07) is 15.8. The van der Waals surface area contributed by atoms with Gasteiger partial charge in [-0.25, -0.2) is 0 Å². The lowest BCUT2D eigenvalue weighted by Gasteiger charge is -2.33. The number of nitrogens with zero attached hydrogens (tertiary/aromatic N) is 3. The molecule has 1 aromatic heterocycles.